The second-order valence-electron chi connectivity index (χ2n) is 15.5. The number of methoxy groups -OCH3 is 2. The Bertz CT molecular complexity index is 2180. The molecule has 1 unspecified atom stereocenters. The Morgan fingerprint density at radius 2 is 1.55 bits per heavy atom. The van der Waals surface area contributed by atoms with Crippen molar-refractivity contribution in [1.29, 1.82) is 0 Å². The number of unbranched alkanes of at least 4 members (excludes halogenated alkanes) is 1. The van der Waals surface area contributed by atoms with E-state index in [2.05, 4.69) is 10.6 Å². The highest BCUT2D eigenvalue weighted by Crippen LogP contribution is 2.18. The molecule has 15 nitrogen and oxygen atoms in total. The predicted octanol–water partition coefficient (Wildman–Crippen LogP) is 5.76. The number of benzene rings is 4. The largest absolute Gasteiger partial charge is 0.508 e. The van der Waals surface area contributed by atoms with Gasteiger partial charge in [-0.2, -0.15) is 0 Å². The number of fused-ring (bicyclic) bond motifs is 11. The van der Waals surface area contributed by atoms with E-state index < -0.39 is 35.8 Å². The number of phenols is 1. The molecular weight excluding hydrogens is 833 g/mol. The highest BCUT2D eigenvalue weighted by molar-refractivity contribution is 6.02. The zero-order valence-electron chi connectivity index (χ0n) is 37.8. The third kappa shape index (κ3) is 16.1. The summed E-state index contributed by atoms with van der Waals surface area (Å²) in [5, 5.41) is 23.9. The molecule has 4 amide bonds. The number of hydrogen-bond acceptors (Lipinski definition) is 11. The minimum absolute atomic E-state index is 0.0787. The number of amides is 4. The summed E-state index contributed by atoms with van der Waals surface area (Å²) in [7, 11) is 2.54. The van der Waals surface area contributed by atoms with Crippen molar-refractivity contribution < 1.29 is 53.2 Å². The van der Waals surface area contributed by atoms with Crippen molar-refractivity contribution in [2.45, 2.75) is 77.3 Å². The van der Waals surface area contributed by atoms with E-state index in [0.717, 1.165) is 42.6 Å². The van der Waals surface area contributed by atoms with Crippen molar-refractivity contribution in [3.63, 3.8) is 0 Å². The Hall–Kier alpha value is -6.74. The van der Waals surface area contributed by atoms with E-state index in [1.807, 2.05) is 43.0 Å². The van der Waals surface area contributed by atoms with Gasteiger partial charge < -0.3 is 44.9 Å². The first-order valence-electron chi connectivity index (χ1n) is 22.1. The maximum atomic E-state index is 13.1. The summed E-state index contributed by atoms with van der Waals surface area (Å²) in [5.74, 6) is -1.51. The van der Waals surface area contributed by atoms with Crippen LogP contribution in [-0.4, -0.2) is 121 Å². The average Bonchev–Trinajstić information content (AvgIpc) is 3.33. The number of carbonyl (C=O) groups is 6. The third-order valence-electron chi connectivity index (χ3n) is 10.6. The maximum Gasteiger partial charge on any atom is 0.328 e. The number of phenolic OH excluding ortho intramolecular Hbond substituents is 1. The SMILES string of the molecule is CCCN(CCCCO)C(=O)c1cccc(C(=O)N[C@@H](Cc2ccc(O)cc2)C(=O)OC)c1.CCCN1CCCCOc2ccc(cc2)CC(C(=O)OC)NC(=O)c2cccc(c2)C1=O. The highest BCUT2D eigenvalue weighted by atomic mass is 16.5. The van der Waals surface area contributed by atoms with E-state index in [1.54, 1.807) is 59.5 Å². The van der Waals surface area contributed by atoms with Gasteiger partial charge in [-0.15, -0.1) is 0 Å². The fraction of sp³-hybridized carbons (Fsp3) is 0.400. The van der Waals surface area contributed by atoms with Gasteiger partial charge in [0.25, 0.3) is 23.6 Å². The molecule has 65 heavy (non-hydrogen) atoms. The lowest BCUT2D eigenvalue weighted by molar-refractivity contribution is -0.143. The van der Waals surface area contributed by atoms with E-state index in [0.29, 0.717) is 62.3 Å². The first kappa shape index (κ1) is 50.9. The van der Waals surface area contributed by atoms with Crippen LogP contribution in [0.3, 0.4) is 0 Å². The summed E-state index contributed by atoms with van der Waals surface area (Å²) in [6.45, 7) is 7.02. The van der Waals surface area contributed by atoms with E-state index in [9.17, 15) is 33.9 Å². The smallest absolute Gasteiger partial charge is 0.328 e. The van der Waals surface area contributed by atoms with Gasteiger partial charge in [0.05, 0.1) is 20.8 Å². The molecule has 0 radical (unpaired) electrons. The summed E-state index contributed by atoms with van der Waals surface area (Å²) in [6, 6.07) is 25.0. The molecule has 0 aliphatic carbocycles. The van der Waals surface area contributed by atoms with Crippen LogP contribution in [0.2, 0.25) is 0 Å². The number of aliphatic hydroxyl groups excluding tert-OH is 1. The van der Waals surface area contributed by atoms with Gasteiger partial charge in [-0.25, -0.2) is 9.59 Å². The quantitative estimate of drug-likeness (QED) is 0.0836. The number of ether oxygens (including phenoxy) is 3. The van der Waals surface area contributed by atoms with Crippen LogP contribution in [0.4, 0.5) is 0 Å². The molecule has 2 aliphatic rings. The number of hydrogen-bond donors (Lipinski definition) is 4. The predicted molar refractivity (Wildman–Crippen MR) is 245 cm³/mol. The highest BCUT2D eigenvalue weighted by Gasteiger charge is 2.26. The van der Waals surface area contributed by atoms with Gasteiger partial charge >= 0.3 is 11.9 Å². The Morgan fingerprint density at radius 1 is 0.846 bits per heavy atom. The average molecular weight is 895 g/mol. The van der Waals surface area contributed by atoms with Gasteiger partial charge in [0.2, 0.25) is 0 Å². The standard InChI is InChI=1S/C25H32N2O6.C25H30N2O5/c1-3-13-27(14-4-5-15-28)24(31)20-8-6-7-19(17-20)23(30)26-22(25(32)33-2)16-18-9-11-21(29)12-10-18;1-3-13-27-14-4-5-15-32-21-11-9-18(10-12-21)16-22(25(30)31-2)26-23(28)19-7-6-8-20(17-19)24(27)29/h6-12,17,22,28-29H,3-5,13-16H2,1-2H3,(H,26,30);6-12,17,22H,3-5,13-16H2,1-2H3,(H,26,28)/t22-;/m0./s1. The van der Waals surface area contributed by atoms with Crippen LogP contribution >= 0.6 is 0 Å². The molecular formula is C50H62N4O11. The van der Waals surface area contributed by atoms with Crippen LogP contribution < -0.4 is 15.4 Å². The van der Waals surface area contributed by atoms with Crippen LogP contribution in [0.15, 0.2) is 97.1 Å². The van der Waals surface area contributed by atoms with Crippen LogP contribution in [0.1, 0.15) is 105 Å². The summed E-state index contributed by atoms with van der Waals surface area (Å²) in [4.78, 5) is 80.0. The molecule has 4 bridgehead atoms. The summed E-state index contributed by atoms with van der Waals surface area (Å²) >= 11 is 0. The van der Waals surface area contributed by atoms with Gasteiger partial charge in [0.15, 0.2) is 0 Å². The number of esters is 2. The molecule has 0 saturated heterocycles. The van der Waals surface area contributed by atoms with Gasteiger partial charge in [0, 0.05) is 67.9 Å². The number of nitrogens with zero attached hydrogens (tertiary/aromatic N) is 2. The molecule has 348 valence electrons. The topological polar surface area (TPSA) is 201 Å². The number of aliphatic hydroxyl groups is 1. The van der Waals surface area contributed by atoms with Crippen molar-refractivity contribution in [2.24, 2.45) is 0 Å². The second-order valence-corrected chi connectivity index (χ2v) is 15.5. The lowest BCUT2D eigenvalue weighted by Gasteiger charge is -2.23. The Kier molecular flexibility index (Phi) is 21.0. The Balaban J connectivity index is 0.000000285. The molecule has 2 atom stereocenters. The van der Waals surface area contributed by atoms with Crippen molar-refractivity contribution in [1.82, 2.24) is 20.4 Å². The number of nitrogens with one attached hydrogen (secondary N) is 2. The lowest BCUT2D eigenvalue weighted by Crippen LogP contribution is -2.43. The molecule has 4 N–H and O–H groups in total. The fourth-order valence-corrected chi connectivity index (χ4v) is 7.11. The minimum atomic E-state index is -0.929. The number of rotatable bonds is 15. The van der Waals surface area contributed by atoms with E-state index >= 15 is 0 Å². The van der Waals surface area contributed by atoms with Gasteiger partial charge in [-0.1, -0.05) is 50.2 Å². The molecule has 4 aromatic carbocycles. The summed E-state index contributed by atoms with van der Waals surface area (Å²) in [6.07, 6.45) is 5.06. The monoisotopic (exact) mass is 894 g/mol. The normalized spacial score (nSPS) is 14.5. The molecule has 4 aromatic rings. The van der Waals surface area contributed by atoms with Crippen LogP contribution in [-0.2, 0) is 31.9 Å². The van der Waals surface area contributed by atoms with Crippen LogP contribution in [0.5, 0.6) is 11.5 Å². The fourth-order valence-electron chi connectivity index (χ4n) is 7.11. The molecule has 15 heteroatoms. The van der Waals surface area contributed by atoms with Crippen molar-refractivity contribution in [3.05, 3.63) is 130 Å². The lowest BCUT2D eigenvalue weighted by atomic mass is 10.0. The zero-order valence-corrected chi connectivity index (χ0v) is 37.8. The second kappa shape index (κ2) is 26.8. The molecule has 2 heterocycles. The summed E-state index contributed by atoms with van der Waals surface area (Å²) in [5.41, 5.74) is 3.03. The van der Waals surface area contributed by atoms with Crippen molar-refractivity contribution in [3.8, 4) is 11.5 Å². The van der Waals surface area contributed by atoms with Gasteiger partial charge in [-0.05, 0) is 110 Å². The zero-order chi connectivity index (χ0) is 47.1. The van der Waals surface area contributed by atoms with Crippen molar-refractivity contribution in [2.75, 3.05) is 53.6 Å². The van der Waals surface area contributed by atoms with Crippen LogP contribution in [0.25, 0.3) is 0 Å². The Morgan fingerprint density at radius 3 is 2.23 bits per heavy atom. The first-order valence-corrected chi connectivity index (χ1v) is 22.1. The third-order valence-corrected chi connectivity index (χ3v) is 10.6. The van der Waals surface area contributed by atoms with E-state index in [1.165, 1.54) is 32.4 Å². The minimum Gasteiger partial charge on any atom is -0.508 e. The van der Waals surface area contributed by atoms with E-state index in [-0.39, 0.29) is 42.6 Å². The van der Waals surface area contributed by atoms with Crippen molar-refractivity contribution >= 4 is 35.6 Å². The molecule has 2 aliphatic heterocycles. The molecule has 0 fully saturated rings. The molecule has 0 spiro atoms. The summed E-state index contributed by atoms with van der Waals surface area (Å²) < 4.78 is 15.5. The maximum absolute atomic E-state index is 13.1. The molecule has 0 aromatic heterocycles. The molecule has 6 rings (SSSR count). The molecule has 0 saturated carbocycles. The number of aromatic hydroxyl groups is 1. The Labute approximate surface area is 381 Å². The number of carbonyl (C=O) groups excluding carboxylic acids is 6. The van der Waals surface area contributed by atoms with Crippen LogP contribution in [0, 0.1) is 0 Å². The first-order chi connectivity index (χ1) is 31.4. The van der Waals surface area contributed by atoms with Gasteiger partial charge in [-0.3, -0.25) is 19.2 Å². The van der Waals surface area contributed by atoms with Gasteiger partial charge in [0.1, 0.15) is 23.6 Å². The van der Waals surface area contributed by atoms with E-state index in [4.69, 9.17) is 19.3 Å².